The van der Waals surface area contributed by atoms with Crippen LogP contribution in [0, 0.1) is 0 Å². The molecule has 0 radical (unpaired) electrons. The van der Waals surface area contributed by atoms with Crippen molar-refractivity contribution < 1.29 is 13.9 Å². The molecule has 128 valence electrons. The van der Waals surface area contributed by atoms with Gasteiger partial charge in [0.1, 0.15) is 5.75 Å². The highest BCUT2D eigenvalue weighted by Crippen LogP contribution is 2.18. The van der Waals surface area contributed by atoms with Gasteiger partial charge in [0.25, 0.3) is 5.91 Å². The van der Waals surface area contributed by atoms with Crippen LogP contribution in [0.2, 0.25) is 0 Å². The largest absolute Gasteiger partial charge is 0.497 e. The number of benzene rings is 1. The monoisotopic (exact) mass is 392 g/mol. The van der Waals surface area contributed by atoms with Gasteiger partial charge in [-0.05, 0) is 52.2 Å². The van der Waals surface area contributed by atoms with E-state index >= 15 is 0 Å². The molecule has 6 heteroatoms. The molecule has 1 aliphatic heterocycles. The van der Waals surface area contributed by atoms with Crippen molar-refractivity contribution in [3.8, 4) is 5.75 Å². The number of methoxy groups -OCH3 is 1. The molecule has 1 fully saturated rings. The van der Waals surface area contributed by atoms with Gasteiger partial charge < -0.3 is 14.1 Å². The Labute approximate surface area is 150 Å². The number of halogens is 1. The number of rotatable bonds is 4. The molecule has 24 heavy (non-hydrogen) atoms. The topological polar surface area (TPSA) is 45.9 Å². The number of carbonyl (C=O) groups excluding carboxylic acids is 1. The highest BCUT2D eigenvalue weighted by molar-refractivity contribution is 9.10. The van der Waals surface area contributed by atoms with Gasteiger partial charge in [0.05, 0.1) is 7.11 Å². The molecule has 1 amide bonds. The Morgan fingerprint density at radius 1 is 1.12 bits per heavy atom. The fraction of sp³-hybridized carbons (Fsp3) is 0.389. The van der Waals surface area contributed by atoms with E-state index in [-0.39, 0.29) is 5.91 Å². The smallest absolute Gasteiger partial charge is 0.289 e. The van der Waals surface area contributed by atoms with Crippen molar-refractivity contribution in [1.29, 1.82) is 0 Å². The molecule has 1 aromatic carbocycles. The van der Waals surface area contributed by atoms with E-state index in [4.69, 9.17) is 9.15 Å². The van der Waals surface area contributed by atoms with Crippen LogP contribution in [0.1, 0.15) is 22.5 Å². The van der Waals surface area contributed by atoms with Crippen LogP contribution in [-0.4, -0.2) is 49.0 Å². The number of hydrogen-bond donors (Lipinski definition) is 0. The summed E-state index contributed by atoms with van der Waals surface area (Å²) in [7, 11) is 1.67. The molecule has 5 nitrogen and oxygen atoms in total. The van der Waals surface area contributed by atoms with E-state index in [1.54, 1.807) is 19.2 Å². The molecule has 1 saturated heterocycles. The van der Waals surface area contributed by atoms with Crippen molar-refractivity contribution in [2.45, 2.75) is 13.0 Å². The zero-order valence-electron chi connectivity index (χ0n) is 13.7. The number of ether oxygens (including phenoxy) is 1. The predicted molar refractivity (Wildman–Crippen MR) is 95.2 cm³/mol. The predicted octanol–water partition coefficient (Wildman–Crippen LogP) is 3.40. The van der Waals surface area contributed by atoms with Gasteiger partial charge in [0.2, 0.25) is 0 Å². The maximum absolute atomic E-state index is 12.5. The Balaban J connectivity index is 1.57. The van der Waals surface area contributed by atoms with Crippen molar-refractivity contribution >= 4 is 21.8 Å². The Morgan fingerprint density at radius 3 is 2.58 bits per heavy atom. The molecule has 0 spiro atoms. The molecular formula is C18H21BrN2O3. The van der Waals surface area contributed by atoms with Crippen molar-refractivity contribution in [2.75, 3.05) is 33.3 Å². The molecular weight excluding hydrogens is 372 g/mol. The van der Waals surface area contributed by atoms with Crippen molar-refractivity contribution in [2.24, 2.45) is 0 Å². The van der Waals surface area contributed by atoms with Crippen LogP contribution < -0.4 is 4.74 Å². The van der Waals surface area contributed by atoms with E-state index in [0.29, 0.717) is 17.0 Å². The summed E-state index contributed by atoms with van der Waals surface area (Å²) in [5.41, 5.74) is 1.26. The second-order valence-electron chi connectivity index (χ2n) is 5.87. The van der Waals surface area contributed by atoms with Gasteiger partial charge in [-0.3, -0.25) is 9.69 Å². The minimum atomic E-state index is -0.0352. The lowest BCUT2D eigenvalue weighted by molar-refractivity contribution is 0.0728. The molecule has 0 aliphatic carbocycles. The Hall–Kier alpha value is -1.79. The average Bonchev–Trinajstić information content (AvgIpc) is 2.90. The van der Waals surface area contributed by atoms with Crippen molar-refractivity contribution in [3.05, 3.63) is 52.4 Å². The molecule has 0 atom stereocenters. The van der Waals surface area contributed by atoms with Crippen molar-refractivity contribution in [1.82, 2.24) is 9.80 Å². The van der Waals surface area contributed by atoms with E-state index in [2.05, 4.69) is 33.0 Å². The minimum absolute atomic E-state index is 0.0352. The number of nitrogens with zero attached hydrogens (tertiary/aromatic N) is 2. The number of carbonyl (C=O) groups is 1. The van der Waals surface area contributed by atoms with E-state index < -0.39 is 0 Å². The third kappa shape index (κ3) is 4.19. The SMILES string of the molecule is COc1ccc(CN2CCCN(C(=O)c3ccc(Br)o3)CC2)cc1. The van der Waals surface area contributed by atoms with Gasteiger partial charge in [-0.25, -0.2) is 0 Å². The van der Waals surface area contributed by atoms with E-state index in [0.717, 1.165) is 38.3 Å². The lowest BCUT2D eigenvalue weighted by Crippen LogP contribution is -2.34. The summed E-state index contributed by atoms with van der Waals surface area (Å²) in [6.07, 6.45) is 0.962. The van der Waals surface area contributed by atoms with E-state index in [1.807, 2.05) is 17.0 Å². The van der Waals surface area contributed by atoms with Crippen LogP contribution in [-0.2, 0) is 6.54 Å². The quantitative estimate of drug-likeness (QED) is 0.799. The standard InChI is InChI=1S/C18H21BrN2O3/c1-23-15-5-3-14(4-6-15)13-20-9-2-10-21(12-11-20)18(22)16-7-8-17(19)24-16/h3-8H,2,9-13H2,1H3. The first kappa shape index (κ1) is 17.0. The van der Waals surface area contributed by atoms with Crippen LogP contribution >= 0.6 is 15.9 Å². The van der Waals surface area contributed by atoms with Gasteiger partial charge in [-0.2, -0.15) is 0 Å². The zero-order valence-corrected chi connectivity index (χ0v) is 15.3. The first-order chi connectivity index (χ1) is 11.7. The lowest BCUT2D eigenvalue weighted by Gasteiger charge is -2.21. The molecule has 0 bridgehead atoms. The molecule has 0 saturated carbocycles. The Bertz CT molecular complexity index is 684. The first-order valence-corrected chi connectivity index (χ1v) is 8.85. The summed E-state index contributed by atoms with van der Waals surface area (Å²) in [6, 6.07) is 11.6. The minimum Gasteiger partial charge on any atom is -0.497 e. The molecule has 0 N–H and O–H groups in total. The summed E-state index contributed by atoms with van der Waals surface area (Å²) < 4.78 is 11.2. The number of furan rings is 1. The third-order valence-electron chi connectivity index (χ3n) is 4.22. The highest BCUT2D eigenvalue weighted by Gasteiger charge is 2.22. The van der Waals surface area contributed by atoms with Gasteiger partial charge in [0.15, 0.2) is 10.4 Å². The maximum Gasteiger partial charge on any atom is 0.289 e. The Morgan fingerprint density at radius 2 is 1.92 bits per heavy atom. The highest BCUT2D eigenvalue weighted by atomic mass is 79.9. The Kier molecular flexibility index (Phi) is 5.58. The maximum atomic E-state index is 12.5. The summed E-state index contributed by atoms with van der Waals surface area (Å²) in [5.74, 6) is 1.23. The average molecular weight is 393 g/mol. The summed E-state index contributed by atoms with van der Waals surface area (Å²) in [4.78, 5) is 16.7. The second-order valence-corrected chi connectivity index (χ2v) is 6.66. The molecule has 2 heterocycles. The fourth-order valence-corrected chi connectivity index (χ4v) is 3.21. The number of hydrogen-bond acceptors (Lipinski definition) is 4. The van der Waals surface area contributed by atoms with Crippen LogP contribution in [0.4, 0.5) is 0 Å². The molecule has 0 unspecified atom stereocenters. The van der Waals surface area contributed by atoms with Crippen LogP contribution in [0.3, 0.4) is 0 Å². The third-order valence-corrected chi connectivity index (χ3v) is 4.65. The van der Waals surface area contributed by atoms with E-state index in [1.165, 1.54) is 5.56 Å². The van der Waals surface area contributed by atoms with E-state index in [9.17, 15) is 4.79 Å². The van der Waals surface area contributed by atoms with Gasteiger partial charge in [-0.1, -0.05) is 12.1 Å². The van der Waals surface area contributed by atoms with Crippen LogP contribution in [0.5, 0.6) is 5.75 Å². The van der Waals surface area contributed by atoms with Crippen LogP contribution in [0.25, 0.3) is 0 Å². The summed E-state index contributed by atoms with van der Waals surface area (Å²) >= 11 is 3.24. The van der Waals surface area contributed by atoms with Gasteiger partial charge in [-0.15, -0.1) is 0 Å². The normalized spacial score (nSPS) is 16.0. The molecule has 1 aromatic heterocycles. The lowest BCUT2D eigenvalue weighted by atomic mass is 10.2. The number of amides is 1. The fourth-order valence-electron chi connectivity index (χ4n) is 2.91. The molecule has 3 rings (SSSR count). The van der Waals surface area contributed by atoms with Crippen LogP contribution in [0.15, 0.2) is 45.5 Å². The van der Waals surface area contributed by atoms with Gasteiger partial charge in [0, 0.05) is 32.7 Å². The first-order valence-electron chi connectivity index (χ1n) is 8.05. The second kappa shape index (κ2) is 7.85. The van der Waals surface area contributed by atoms with Gasteiger partial charge >= 0.3 is 0 Å². The summed E-state index contributed by atoms with van der Waals surface area (Å²) in [6.45, 7) is 4.21. The molecule has 2 aromatic rings. The zero-order chi connectivity index (χ0) is 16.9. The molecule has 1 aliphatic rings. The van der Waals surface area contributed by atoms with Crippen molar-refractivity contribution in [3.63, 3.8) is 0 Å². The summed E-state index contributed by atoms with van der Waals surface area (Å²) in [5, 5.41) is 0.